The van der Waals surface area contributed by atoms with Crippen LogP contribution in [0.3, 0.4) is 0 Å². The molecule has 136 valence electrons. The molecule has 1 amide bonds. The summed E-state index contributed by atoms with van der Waals surface area (Å²) in [6, 6.07) is 8.64. The number of carbonyl (C=O) groups is 1. The summed E-state index contributed by atoms with van der Waals surface area (Å²) in [5.41, 5.74) is 3.13. The van der Waals surface area contributed by atoms with E-state index in [0.29, 0.717) is 5.41 Å². The van der Waals surface area contributed by atoms with Gasteiger partial charge < -0.3 is 15.4 Å². The van der Waals surface area contributed by atoms with Gasteiger partial charge in [-0.2, -0.15) is 0 Å². The third kappa shape index (κ3) is 3.75. The summed E-state index contributed by atoms with van der Waals surface area (Å²) >= 11 is 0. The Kier molecular flexibility index (Phi) is 5.09. The van der Waals surface area contributed by atoms with Crippen LogP contribution >= 0.6 is 0 Å². The molecule has 0 radical (unpaired) electrons. The average Bonchev–Trinajstić information content (AvgIpc) is 3.35. The molecule has 2 atom stereocenters. The maximum atomic E-state index is 12.3. The van der Waals surface area contributed by atoms with Crippen molar-refractivity contribution in [2.75, 3.05) is 26.2 Å². The second-order valence-electron chi connectivity index (χ2n) is 7.96. The lowest BCUT2D eigenvalue weighted by atomic mass is 9.89. The number of hydrogen-bond acceptors (Lipinski definition) is 3. The number of fused-ring (bicyclic) bond motifs is 1. The van der Waals surface area contributed by atoms with Crippen LogP contribution in [0.4, 0.5) is 0 Å². The molecule has 25 heavy (non-hydrogen) atoms. The van der Waals surface area contributed by atoms with Crippen LogP contribution in [0.25, 0.3) is 0 Å². The van der Waals surface area contributed by atoms with Gasteiger partial charge in [0.25, 0.3) is 0 Å². The fraction of sp³-hybridized carbons (Fsp3) is 0.667. The first kappa shape index (κ1) is 17.0. The first-order valence-corrected chi connectivity index (χ1v) is 9.96. The Hall–Kier alpha value is -1.39. The van der Waals surface area contributed by atoms with Crippen LogP contribution in [0.2, 0.25) is 0 Å². The molecule has 0 bridgehead atoms. The van der Waals surface area contributed by atoms with Crippen molar-refractivity contribution in [1.29, 1.82) is 0 Å². The number of carbonyl (C=O) groups excluding carboxylic acids is 1. The van der Waals surface area contributed by atoms with Crippen LogP contribution in [0, 0.1) is 11.3 Å². The highest BCUT2D eigenvalue weighted by Gasteiger charge is 2.57. The molecule has 1 saturated carbocycles. The average molecular weight is 342 g/mol. The van der Waals surface area contributed by atoms with E-state index < -0.39 is 0 Å². The molecule has 2 N–H and O–H groups in total. The van der Waals surface area contributed by atoms with Crippen LogP contribution < -0.4 is 10.6 Å². The number of rotatable bonds is 6. The molecule has 2 unspecified atom stereocenters. The van der Waals surface area contributed by atoms with Gasteiger partial charge in [0, 0.05) is 19.1 Å². The first-order valence-electron chi connectivity index (χ1n) is 9.96. The summed E-state index contributed by atoms with van der Waals surface area (Å²) in [5.74, 6) is 0.533. The van der Waals surface area contributed by atoms with Crippen molar-refractivity contribution in [2.24, 2.45) is 11.3 Å². The number of piperidine rings is 1. The smallest absolute Gasteiger partial charge is 0.223 e. The lowest BCUT2D eigenvalue weighted by Gasteiger charge is -2.25. The Balaban J connectivity index is 1.16. The Labute approximate surface area is 150 Å². The highest BCUT2D eigenvalue weighted by molar-refractivity contribution is 5.82. The van der Waals surface area contributed by atoms with Crippen molar-refractivity contribution in [1.82, 2.24) is 10.6 Å². The minimum atomic E-state index is 0.238. The van der Waals surface area contributed by atoms with Crippen molar-refractivity contribution in [3.63, 3.8) is 0 Å². The van der Waals surface area contributed by atoms with Crippen LogP contribution in [0.15, 0.2) is 24.3 Å². The number of aryl methyl sites for hydroxylation is 1. The second kappa shape index (κ2) is 7.46. The topological polar surface area (TPSA) is 50.4 Å². The van der Waals surface area contributed by atoms with Crippen LogP contribution in [0.5, 0.6) is 0 Å². The number of amides is 1. The van der Waals surface area contributed by atoms with Crippen molar-refractivity contribution in [2.45, 2.75) is 51.0 Å². The molecule has 1 aromatic carbocycles. The SMILES string of the molecule is O=C(NCCCOC1CCCc2ccccc21)C1CC12CCNCC2. The maximum absolute atomic E-state index is 12.3. The Bertz CT molecular complexity index is 610. The minimum absolute atomic E-state index is 0.238. The first-order chi connectivity index (χ1) is 12.3. The van der Waals surface area contributed by atoms with E-state index in [1.807, 2.05) is 0 Å². The summed E-state index contributed by atoms with van der Waals surface area (Å²) in [6.45, 7) is 3.60. The highest BCUT2D eigenvalue weighted by atomic mass is 16.5. The fourth-order valence-electron chi connectivity index (χ4n) is 4.71. The Morgan fingerprint density at radius 1 is 1.28 bits per heavy atom. The number of benzene rings is 1. The second-order valence-corrected chi connectivity index (χ2v) is 7.96. The summed E-state index contributed by atoms with van der Waals surface area (Å²) in [7, 11) is 0. The zero-order chi connectivity index (χ0) is 17.1. The van der Waals surface area contributed by atoms with Gasteiger partial charge in [-0.3, -0.25) is 4.79 Å². The van der Waals surface area contributed by atoms with E-state index in [1.54, 1.807) is 0 Å². The van der Waals surface area contributed by atoms with Gasteiger partial charge in [-0.05, 0) is 74.6 Å². The third-order valence-electron chi connectivity index (χ3n) is 6.36. The molecular weight excluding hydrogens is 312 g/mol. The summed E-state index contributed by atoms with van der Waals surface area (Å²) < 4.78 is 6.12. The van der Waals surface area contributed by atoms with E-state index in [4.69, 9.17) is 4.74 Å². The largest absolute Gasteiger partial charge is 0.373 e. The zero-order valence-corrected chi connectivity index (χ0v) is 15.1. The summed E-state index contributed by atoms with van der Waals surface area (Å²) in [5, 5.41) is 6.52. The monoisotopic (exact) mass is 342 g/mol. The van der Waals surface area contributed by atoms with E-state index in [1.165, 1.54) is 24.0 Å². The molecule has 4 heteroatoms. The quantitative estimate of drug-likeness (QED) is 0.782. The van der Waals surface area contributed by atoms with Gasteiger partial charge in [-0.1, -0.05) is 24.3 Å². The molecular formula is C21H30N2O2. The van der Waals surface area contributed by atoms with Crippen LogP contribution in [0.1, 0.15) is 55.8 Å². The van der Waals surface area contributed by atoms with E-state index in [-0.39, 0.29) is 17.9 Å². The Morgan fingerprint density at radius 3 is 3.00 bits per heavy atom. The molecule has 4 rings (SSSR count). The molecule has 0 aromatic heterocycles. The fourth-order valence-corrected chi connectivity index (χ4v) is 4.71. The summed E-state index contributed by atoms with van der Waals surface area (Å²) in [4.78, 5) is 12.3. The van der Waals surface area contributed by atoms with E-state index in [0.717, 1.165) is 58.3 Å². The zero-order valence-electron chi connectivity index (χ0n) is 15.1. The van der Waals surface area contributed by atoms with Crippen LogP contribution in [-0.2, 0) is 16.0 Å². The van der Waals surface area contributed by atoms with Crippen molar-refractivity contribution in [3.8, 4) is 0 Å². The van der Waals surface area contributed by atoms with Gasteiger partial charge in [0.1, 0.15) is 0 Å². The van der Waals surface area contributed by atoms with Crippen LogP contribution in [-0.4, -0.2) is 32.1 Å². The third-order valence-corrected chi connectivity index (χ3v) is 6.36. The number of nitrogens with one attached hydrogen (secondary N) is 2. The van der Waals surface area contributed by atoms with Gasteiger partial charge in [-0.15, -0.1) is 0 Å². The molecule has 1 spiro atoms. The number of ether oxygens (including phenoxy) is 1. The lowest BCUT2D eigenvalue weighted by Crippen LogP contribution is -2.34. The predicted molar refractivity (Wildman–Crippen MR) is 98.3 cm³/mol. The van der Waals surface area contributed by atoms with Gasteiger partial charge in [0.05, 0.1) is 6.10 Å². The molecule has 2 aliphatic carbocycles. The van der Waals surface area contributed by atoms with E-state index >= 15 is 0 Å². The maximum Gasteiger partial charge on any atom is 0.223 e. The van der Waals surface area contributed by atoms with Gasteiger partial charge >= 0.3 is 0 Å². The van der Waals surface area contributed by atoms with Crippen molar-refractivity contribution < 1.29 is 9.53 Å². The standard InChI is InChI=1S/C21H30N2O2/c24-20(18-15-21(18)9-12-22-13-10-21)23-11-4-14-25-19-8-3-6-16-5-1-2-7-17(16)19/h1-2,5,7,18-19,22H,3-4,6,8-15H2,(H,23,24). The van der Waals surface area contributed by atoms with Crippen molar-refractivity contribution in [3.05, 3.63) is 35.4 Å². The van der Waals surface area contributed by atoms with Crippen molar-refractivity contribution >= 4 is 5.91 Å². The van der Waals surface area contributed by atoms with Gasteiger partial charge in [-0.25, -0.2) is 0 Å². The molecule has 3 aliphatic rings. The predicted octanol–water partition coefficient (Wildman–Crippen LogP) is 2.98. The van der Waals surface area contributed by atoms with E-state index in [2.05, 4.69) is 34.9 Å². The molecule has 1 saturated heterocycles. The lowest BCUT2D eigenvalue weighted by molar-refractivity contribution is -0.123. The minimum Gasteiger partial charge on any atom is -0.373 e. The molecule has 4 nitrogen and oxygen atoms in total. The number of hydrogen-bond donors (Lipinski definition) is 2. The molecule has 1 aromatic rings. The van der Waals surface area contributed by atoms with E-state index in [9.17, 15) is 4.79 Å². The summed E-state index contributed by atoms with van der Waals surface area (Å²) in [6.07, 6.45) is 8.04. The van der Waals surface area contributed by atoms with Gasteiger partial charge in [0.15, 0.2) is 0 Å². The molecule has 1 heterocycles. The highest BCUT2D eigenvalue weighted by Crippen LogP contribution is 2.58. The normalized spacial score (nSPS) is 26.9. The molecule has 1 aliphatic heterocycles. The van der Waals surface area contributed by atoms with Gasteiger partial charge in [0.2, 0.25) is 5.91 Å². The molecule has 2 fully saturated rings. The Morgan fingerprint density at radius 2 is 2.12 bits per heavy atom.